The van der Waals surface area contributed by atoms with E-state index in [0.29, 0.717) is 21.5 Å². The Hall–Kier alpha value is -2.80. The zero-order valence-corrected chi connectivity index (χ0v) is 13.4. The largest absolute Gasteiger partial charge is 0.496 e. The molecule has 0 bridgehead atoms. The third-order valence-corrected chi connectivity index (χ3v) is 4.30. The van der Waals surface area contributed by atoms with E-state index >= 15 is 0 Å². The molecule has 6 nitrogen and oxygen atoms in total. The van der Waals surface area contributed by atoms with Crippen molar-refractivity contribution in [1.82, 2.24) is 15.2 Å². The fraction of sp³-hybridized carbons (Fsp3) is 0.125. The second-order valence-corrected chi connectivity index (χ2v) is 5.65. The number of carbonyl (C=O) groups is 1. The second-order valence-electron chi connectivity index (χ2n) is 4.70. The molecule has 0 atom stereocenters. The lowest BCUT2D eigenvalue weighted by Crippen LogP contribution is -2.26. The van der Waals surface area contributed by atoms with Crippen molar-refractivity contribution >= 4 is 22.4 Å². The molecular weight excluding hydrogens is 312 g/mol. The minimum absolute atomic E-state index is 0.198. The zero-order chi connectivity index (χ0) is 16.2. The van der Waals surface area contributed by atoms with Crippen LogP contribution >= 0.6 is 11.3 Å². The monoisotopic (exact) mass is 326 g/mol. The van der Waals surface area contributed by atoms with E-state index in [0.717, 1.165) is 5.56 Å². The first-order valence-electron chi connectivity index (χ1n) is 6.85. The molecule has 0 spiro atoms. The van der Waals surface area contributed by atoms with Crippen LogP contribution in [0.4, 0.5) is 5.13 Å². The van der Waals surface area contributed by atoms with E-state index in [1.165, 1.54) is 23.3 Å². The van der Waals surface area contributed by atoms with Crippen LogP contribution in [0.5, 0.6) is 5.75 Å². The first kappa shape index (κ1) is 15.1. The van der Waals surface area contributed by atoms with Crippen LogP contribution in [0.15, 0.2) is 48.8 Å². The molecule has 1 amide bonds. The summed E-state index contributed by atoms with van der Waals surface area (Å²) >= 11 is 1.33. The van der Waals surface area contributed by atoms with Crippen LogP contribution in [-0.4, -0.2) is 35.2 Å². The molecule has 3 aromatic rings. The van der Waals surface area contributed by atoms with Crippen molar-refractivity contribution in [1.29, 1.82) is 0 Å². The van der Waals surface area contributed by atoms with Crippen molar-refractivity contribution in [2.24, 2.45) is 0 Å². The lowest BCUT2D eigenvalue weighted by Gasteiger charge is -2.15. The Morgan fingerprint density at radius 1 is 1.17 bits per heavy atom. The van der Waals surface area contributed by atoms with E-state index in [2.05, 4.69) is 15.2 Å². The predicted molar refractivity (Wildman–Crippen MR) is 88.9 cm³/mol. The number of hydrogen-bond acceptors (Lipinski definition) is 6. The lowest BCUT2D eigenvalue weighted by atomic mass is 10.2. The van der Waals surface area contributed by atoms with Gasteiger partial charge < -0.3 is 4.74 Å². The SMILES string of the molecule is COc1ccccc1C(=O)N(C)c1nnc(-c2cccnc2)s1. The number of amides is 1. The number of nitrogens with zero attached hydrogens (tertiary/aromatic N) is 4. The van der Waals surface area contributed by atoms with Gasteiger partial charge in [-0.15, -0.1) is 10.2 Å². The maximum absolute atomic E-state index is 12.6. The molecule has 0 aliphatic carbocycles. The summed E-state index contributed by atoms with van der Waals surface area (Å²) in [4.78, 5) is 18.2. The number of rotatable bonds is 4. The summed E-state index contributed by atoms with van der Waals surface area (Å²) in [6.07, 6.45) is 3.41. The predicted octanol–water partition coefficient (Wildman–Crippen LogP) is 2.89. The fourth-order valence-corrected chi connectivity index (χ4v) is 2.84. The summed E-state index contributed by atoms with van der Waals surface area (Å²) in [5.74, 6) is 0.331. The highest BCUT2D eigenvalue weighted by atomic mass is 32.1. The summed E-state index contributed by atoms with van der Waals surface area (Å²) < 4.78 is 5.24. The molecule has 0 aliphatic rings. The standard InChI is InChI=1S/C16H14N4O2S/c1-20(15(21)12-7-3-4-8-13(12)22-2)16-19-18-14(23-16)11-6-5-9-17-10-11/h3-10H,1-2H3. The van der Waals surface area contributed by atoms with Crippen molar-refractivity contribution in [3.8, 4) is 16.3 Å². The highest BCUT2D eigenvalue weighted by Crippen LogP contribution is 2.29. The van der Waals surface area contributed by atoms with Gasteiger partial charge in [0.1, 0.15) is 5.75 Å². The van der Waals surface area contributed by atoms with Crippen molar-refractivity contribution in [3.63, 3.8) is 0 Å². The molecule has 3 rings (SSSR count). The van der Waals surface area contributed by atoms with Gasteiger partial charge in [-0.05, 0) is 24.3 Å². The number of anilines is 1. The average molecular weight is 326 g/mol. The number of para-hydroxylation sites is 1. The quantitative estimate of drug-likeness (QED) is 0.737. The lowest BCUT2D eigenvalue weighted by molar-refractivity contribution is 0.0990. The third kappa shape index (κ3) is 3.04. The highest BCUT2D eigenvalue weighted by Gasteiger charge is 2.20. The van der Waals surface area contributed by atoms with Gasteiger partial charge in [-0.2, -0.15) is 0 Å². The Bertz CT molecular complexity index is 820. The number of benzene rings is 1. The van der Waals surface area contributed by atoms with E-state index in [9.17, 15) is 4.79 Å². The van der Waals surface area contributed by atoms with E-state index < -0.39 is 0 Å². The van der Waals surface area contributed by atoms with Crippen molar-refractivity contribution in [2.45, 2.75) is 0 Å². The number of ether oxygens (including phenoxy) is 1. The minimum Gasteiger partial charge on any atom is -0.496 e. The number of carbonyl (C=O) groups excluding carboxylic acids is 1. The second kappa shape index (κ2) is 6.53. The summed E-state index contributed by atoms with van der Waals surface area (Å²) in [5.41, 5.74) is 1.35. The smallest absolute Gasteiger partial charge is 0.263 e. The van der Waals surface area contributed by atoms with E-state index in [-0.39, 0.29) is 5.91 Å². The maximum atomic E-state index is 12.6. The van der Waals surface area contributed by atoms with Gasteiger partial charge in [0.2, 0.25) is 5.13 Å². The van der Waals surface area contributed by atoms with Gasteiger partial charge in [0.25, 0.3) is 5.91 Å². The summed E-state index contributed by atoms with van der Waals surface area (Å²) in [5, 5.41) is 9.46. The molecule has 0 unspecified atom stereocenters. The molecular formula is C16H14N4O2S. The van der Waals surface area contributed by atoms with E-state index in [4.69, 9.17) is 4.74 Å². The van der Waals surface area contributed by atoms with Crippen LogP contribution < -0.4 is 9.64 Å². The number of methoxy groups -OCH3 is 1. The van der Waals surface area contributed by atoms with Crippen molar-refractivity contribution < 1.29 is 9.53 Å². The van der Waals surface area contributed by atoms with Crippen LogP contribution in [-0.2, 0) is 0 Å². The normalized spacial score (nSPS) is 10.3. The van der Waals surface area contributed by atoms with Crippen molar-refractivity contribution in [2.75, 3.05) is 19.1 Å². The first-order chi connectivity index (χ1) is 11.2. The summed E-state index contributed by atoms with van der Waals surface area (Å²) in [6.45, 7) is 0. The maximum Gasteiger partial charge on any atom is 0.263 e. The Balaban J connectivity index is 1.87. The average Bonchev–Trinajstić information content (AvgIpc) is 3.11. The van der Waals surface area contributed by atoms with Gasteiger partial charge in [0.05, 0.1) is 12.7 Å². The molecule has 2 aromatic heterocycles. The molecule has 0 saturated carbocycles. The minimum atomic E-state index is -0.198. The number of aromatic nitrogens is 3. The molecule has 23 heavy (non-hydrogen) atoms. The molecule has 0 aliphatic heterocycles. The Morgan fingerprint density at radius 2 is 2.00 bits per heavy atom. The summed E-state index contributed by atoms with van der Waals surface area (Å²) in [7, 11) is 3.21. The third-order valence-electron chi connectivity index (χ3n) is 3.25. The van der Waals surface area contributed by atoms with Gasteiger partial charge in [-0.25, -0.2) is 0 Å². The Labute approximate surface area is 137 Å². The molecule has 0 fully saturated rings. The number of pyridine rings is 1. The fourth-order valence-electron chi connectivity index (χ4n) is 2.05. The van der Waals surface area contributed by atoms with Crippen LogP contribution in [0.25, 0.3) is 10.6 Å². The summed E-state index contributed by atoms with van der Waals surface area (Å²) in [6, 6.07) is 10.8. The molecule has 7 heteroatoms. The molecule has 1 aromatic carbocycles. The Kier molecular flexibility index (Phi) is 4.29. The zero-order valence-electron chi connectivity index (χ0n) is 12.6. The molecule has 2 heterocycles. The highest BCUT2D eigenvalue weighted by molar-refractivity contribution is 7.18. The van der Waals surface area contributed by atoms with Gasteiger partial charge in [-0.1, -0.05) is 23.5 Å². The topological polar surface area (TPSA) is 68.2 Å². The van der Waals surface area contributed by atoms with Crippen LogP contribution in [0.1, 0.15) is 10.4 Å². The number of hydrogen-bond donors (Lipinski definition) is 0. The first-order valence-corrected chi connectivity index (χ1v) is 7.67. The van der Waals surface area contributed by atoms with E-state index in [1.807, 2.05) is 18.2 Å². The molecule has 0 N–H and O–H groups in total. The van der Waals surface area contributed by atoms with Gasteiger partial charge in [0.15, 0.2) is 5.01 Å². The van der Waals surface area contributed by atoms with Crippen LogP contribution in [0.2, 0.25) is 0 Å². The van der Waals surface area contributed by atoms with Crippen LogP contribution in [0.3, 0.4) is 0 Å². The van der Waals surface area contributed by atoms with Gasteiger partial charge in [-0.3, -0.25) is 14.7 Å². The van der Waals surface area contributed by atoms with E-state index in [1.54, 1.807) is 37.6 Å². The molecule has 0 radical (unpaired) electrons. The van der Waals surface area contributed by atoms with Crippen LogP contribution in [0, 0.1) is 0 Å². The van der Waals surface area contributed by atoms with Gasteiger partial charge >= 0.3 is 0 Å². The van der Waals surface area contributed by atoms with Gasteiger partial charge in [0, 0.05) is 25.0 Å². The van der Waals surface area contributed by atoms with Crippen molar-refractivity contribution in [3.05, 3.63) is 54.4 Å². The molecule has 116 valence electrons. The molecule has 0 saturated heterocycles. The Morgan fingerprint density at radius 3 is 2.74 bits per heavy atom.